The molecule has 0 amide bonds. The van der Waals surface area contributed by atoms with Gasteiger partial charge >= 0.3 is 0 Å². The van der Waals surface area contributed by atoms with E-state index in [-0.39, 0.29) is 0 Å². The molecule has 1 heteroatoms. The summed E-state index contributed by atoms with van der Waals surface area (Å²) < 4.78 is 6.42. The van der Waals surface area contributed by atoms with Gasteiger partial charge in [-0.2, -0.15) is 0 Å². The average Bonchev–Trinajstić information content (AvgIpc) is 2.11. The molecule has 98 valence electrons. The first-order valence-corrected chi connectivity index (χ1v) is 7.58. The molecule has 0 atom stereocenters. The van der Waals surface area contributed by atoms with E-state index in [0.717, 1.165) is 24.4 Å². The van der Waals surface area contributed by atoms with E-state index < -0.39 is 0 Å². The Balaban J connectivity index is 1.59. The number of ether oxygens (including phenoxy) is 1. The van der Waals surface area contributed by atoms with Crippen molar-refractivity contribution in [3.8, 4) is 0 Å². The van der Waals surface area contributed by atoms with Crippen molar-refractivity contribution in [2.75, 3.05) is 6.61 Å². The van der Waals surface area contributed by atoms with Crippen LogP contribution in [0.25, 0.3) is 0 Å². The van der Waals surface area contributed by atoms with Crippen LogP contribution in [0.5, 0.6) is 0 Å². The Morgan fingerprint density at radius 3 is 1.82 bits per heavy atom. The van der Waals surface area contributed by atoms with Crippen LogP contribution in [0.3, 0.4) is 0 Å². The first-order chi connectivity index (χ1) is 7.94. The highest BCUT2D eigenvalue weighted by atomic mass is 16.5. The second kappa shape index (κ2) is 3.98. The highest BCUT2D eigenvalue weighted by Gasteiger charge is 2.51. The van der Waals surface area contributed by atoms with Gasteiger partial charge in [-0.3, -0.25) is 0 Å². The van der Waals surface area contributed by atoms with Crippen LogP contribution < -0.4 is 0 Å². The normalized spacial score (nSPS) is 44.3. The van der Waals surface area contributed by atoms with Crippen molar-refractivity contribution in [2.45, 2.75) is 71.3 Å². The lowest BCUT2D eigenvalue weighted by atomic mass is 9.54. The fourth-order valence-corrected chi connectivity index (χ4v) is 4.78. The van der Waals surface area contributed by atoms with Crippen molar-refractivity contribution in [3.63, 3.8) is 0 Å². The minimum absolute atomic E-state index is 0.319. The maximum absolute atomic E-state index is 6.42. The molecule has 0 radical (unpaired) electrons. The summed E-state index contributed by atoms with van der Waals surface area (Å²) in [5.74, 6) is 3.03. The second-order valence-corrected chi connectivity index (χ2v) is 8.26. The van der Waals surface area contributed by atoms with Gasteiger partial charge in [-0.1, -0.05) is 20.8 Å². The Labute approximate surface area is 106 Å². The Hall–Kier alpha value is -0.0400. The first kappa shape index (κ1) is 12.0. The molecule has 4 bridgehead atoms. The maximum Gasteiger partial charge on any atom is 0.0690 e. The average molecular weight is 236 g/mol. The Morgan fingerprint density at radius 1 is 0.941 bits per heavy atom. The monoisotopic (exact) mass is 236 g/mol. The lowest BCUT2D eigenvalue weighted by Gasteiger charge is -2.56. The van der Waals surface area contributed by atoms with E-state index in [1.54, 1.807) is 0 Å². The molecule has 0 aliphatic heterocycles. The SMILES string of the molecule is CC(C)(C)CCOC12CC3CC(CC(C3)C1)C2. The third-order valence-corrected chi connectivity index (χ3v) is 5.24. The predicted octanol–water partition coefficient (Wildman–Crippen LogP) is 4.41. The topological polar surface area (TPSA) is 9.23 Å². The zero-order chi connectivity index (χ0) is 12.1. The van der Waals surface area contributed by atoms with Crippen molar-refractivity contribution in [3.05, 3.63) is 0 Å². The zero-order valence-electron chi connectivity index (χ0n) is 11.8. The molecule has 0 unspecified atom stereocenters. The van der Waals surface area contributed by atoms with E-state index in [9.17, 15) is 0 Å². The standard InChI is InChI=1S/C16H28O/c1-15(2,3)4-5-17-16-9-12-6-13(10-16)8-14(7-12)11-16/h12-14H,4-11H2,1-3H3. The lowest BCUT2D eigenvalue weighted by Crippen LogP contribution is -2.52. The summed E-state index contributed by atoms with van der Waals surface area (Å²) in [5, 5.41) is 0. The van der Waals surface area contributed by atoms with Crippen LogP contribution in [0.15, 0.2) is 0 Å². The second-order valence-electron chi connectivity index (χ2n) is 8.26. The van der Waals surface area contributed by atoms with Crippen molar-refractivity contribution in [1.82, 2.24) is 0 Å². The van der Waals surface area contributed by atoms with E-state index in [4.69, 9.17) is 4.74 Å². The van der Waals surface area contributed by atoms with Crippen LogP contribution >= 0.6 is 0 Å². The van der Waals surface area contributed by atoms with E-state index in [2.05, 4.69) is 20.8 Å². The van der Waals surface area contributed by atoms with E-state index in [0.29, 0.717) is 11.0 Å². The summed E-state index contributed by atoms with van der Waals surface area (Å²) in [6.45, 7) is 7.93. The Kier molecular flexibility index (Phi) is 2.81. The van der Waals surface area contributed by atoms with Crippen LogP contribution in [0.2, 0.25) is 0 Å². The molecule has 17 heavy (non-hydrogen) atoms. The van der Waals surface area contributed by atoms with Crippen LogP contribution in [-0.4, -0.2) is 12.2 Å². The van der Waals surface area contributed by atoms with Gasteiger partial charge in [-0.25, -0.2) is 0 Å². The number of rotatable bonds is 3. The smallest absolute Gasteiger partial charge is 0.0690 e. The zero-order valence-corrected chi connectivity index (χ0v) is 11.8. The van der Waals surface area contributed by atoms with Crippen molar-refractivity contribution < 1.29 is 4.74 Å². The van der Waals surface area contributed by atoms with Gasteiger partial charge in [0.1, 0.15) is 0 Å². The molecular weight excluding hydrogens is 208 g/mol. The highest BCUT2D eigenvalue weighted by molar-refractivity contribution is 5.03. The molecule has 1 nitrogen and oxygen atoms in total. The largest absolute Gasteiger partial charge is 0.375 e. The molecule has 0 aromatic carbocycles. The summed E-state index contributed by atoms with van der Waals surface area (Å²) in [7, 11) is 0. The summed E-state index contributed by atoms with van der Waals surface area (Å²) in [4.78, 5) is 0. The fraction of sp³-hybridized carbons (Fsp3) is 1.00. The minimum Gasteiger partial charge on any atom is -0.375 e. The van der Waals surface area contributed by atoms with Crippen molar-refractivity contribution in [2.24, 2.45) is 23.2 Å². The highest BCUT2D eigenvalue weighted by Crippen LogP contribution is 2.57. The fourth-order valence-electron chi connectivity index (χ4n) is 4.78. The third-order valence-electron chi connectivity index (χ3n) is 5.24. The molecule has 0 aromatic rings. The van der Waals surface area contributed by atoms with Gasteiger partial charge in [0.2, 0.25) is 0 Å². The molecule has 4 fully saturated rings. The molecule has 0 spiro atoms. The maximum atomic E-state index is 6.42. The molecule has 0 saturated heterocycles. The number of hydrogen-bond acceptors (Lipinski definition) is 1. The molecule has 4 rings (SSSR count). The van der Waals surface area contributed by atoms with Gasteiger partial charge in [-0.05, 0) is 68.1 Å². The summed E-state index contributed by atoms with van der Waals surface area (Å²) in [6.07, 6.45) is 9.88. The van der Waals surface area contributed by atoms with Gasteiger partial charge in [0.05, 0.1) is 5.60 Å². The lowest BCUT2D eigenvalue weighted by molar-refractivity contribution is -0.165. The van der Waals surface area contributed by atoms with Crippen LogP contribution in [0.4, 0.5) is 0 Å². The van der Waals surface area contributed by atoms with Crippen molar-refractivity contribution >= 4 is 0 Å². The van der Waals surface area contributed by atoms with Crippen LogP contribution in [-0.2, 0) is 4.74 Å². The Bertz CT molecular complexity index is 251. The molecular formula is C16H28O. The van der Waals surface area contributed by atoms with E-state index in [1.165, 1.54) is 44.9 Å². The van der Waals surface area contributed by atoms with Crippen molar-refractivity contribution in [1.29, 1.82) is 0 Å². The quantitative estimate of drug-likeness (QED) is 0.705. The predicted molar refractivity (Wildman–Crippen MR) is 70.9 cm³/mol. The van der Waals surface area contributed by atoms with E-state index >= 15 is 0 Å². The first-order valence-electron chi connectivity index (χ1n) is 7.58. The van der Waals surface area contributed by atoms with Gasteiger partial charge in [-0.15, -0.1) is 0 Å². The molecule has 0 N–H and O–H groups in total. The number of hydrogen-bond donors (Lipinski definition) is 0. The van der Waals surface area contributed by atoms with Crippen LogP contribution in [0.1, 0.15) is 65.7 Å². The summed E-state index contributed by atoms with van der Waals surface area (Å²) >= 11 is 0. The summed E-state index contributed by atoms with van der Waals surface area (Å²) in [6, 6.07) is 0. The van der Waals surface area contributed by atoms with Gasteiger partial charge in [0.15, 0.2) is 0 Å². The van der Waals surface area contributed by atoms with Gasteiger partial charge in [0, 0.05) is 6.61 Å². The van der Waals surface area contributed by atoms with Crippen LogP contribution in [0, 0.1) is 23.2 Å². The molecule has 4 aliphatic carbocycles. The molecule has 4 saturated carbocycles. The van der Waals surface area contributed by atoms with Gasteiger partial charge < -0.3 is 4.74 Å². The van der Waals surface area contributed by atoms with E-state index in [1.807, 2.05) is 0 Å². The summed E-state index contributed by atoms with van der Waals surface area (Å²) in [5.41, 5.74) is 0.738. The molecule has 0 aromatic heterocycles. The van der Waals surface area contributed by atoms with Gasteiger partial charge in [0.25, 0.3) is 0 Å². The molecule has 4 aliphatic rings. The Morgan fingerprint density at radius 2 is 1.41 bits per heavy atom. The minimum atomic E-state index is 0.319. The third kappa shape index (κ3) is 2.54. The molecule has 0 heterocycles.